The SMILES string of the molecule is Cc1ccc(C(CN)C(O)c2cc(Br)ccc2C)cc1C. The summed E-state index contributed by atoms with van der Waals surface area (Å²) in [6, 6.07) is 12.3. The highest BCUT2D eigenvalue weighted by Gasteiger charge is 2.23. The Labute approximate surface area is 135 Å². The van der Waals surface area contributed by atoms with E-state index < -0.39 is 6.10 Å². The molecule has 0 saturated carbocycles. The Morgan fingerprint density at radius 3 is 2.29 bits per heavy atom. The third-order valence-electron chi connectivity index (χ3n) is 4.15. The van der Waals surface area contributed by atoms with Crippen molar-refractivity contribution in [2.24, 2.45) is 5.73 Å². The summed E-state index contributed by atoms with van der Waals surface area (Å²) in [5, 5.41) is 10.8. The summed E-state index contributed by atoms with van der Waals surface area (Å²) in [4.78, 5) is 0. The van der Waals surface area contributed by atoms with Gasteiger partial charge in [-0.05, 0) is 60.7 Å². The van der Waals surface area contributed by atoms with Crippen LogP contribution in [0.5, 0.6) is 0 Å². The number of aliphatic hydroxyl groups is 1. The van der Waals surface area contributed by atoms with Gasteiger partial charge in [-0.2, -0.15) is 0 Å². The van der Waals surface area contributed by atoms with Gasteiger partial charge in [-0.15, -0.1) is 0 Å². The zero-order valence-corrected chi connectivity index (χ0v) is 14.3. The summed E-state index contributed by atoms with van der Waals surface area (Å²) >= 11 is 3.47. The third-order valence-corrected chi connectivity index (χ3v) is 4.65. The number of hydrogen-bond acceptors (Lipinski definition) is 2. The molecule has 2 aromatic carbocycles. The molecule has 0 radical (unpaired) electrons. The second-order valence-corrected chi connectivity index (χ2v) is 6.55. The smallest absolute Gasteiger partial charge is 0.0873 e. The van der Waals surface area contributed by atoms with Crippen LogP contribution in [0.4, 0.5) is 0 Å². The number of benzene rings is 2. The molecule has 0 spiro atoms. The standard InChI is InChI=1S/C18H22BrNO/c1-11-4-6-14(8-13(11)3)17(10-20)18(21)16-9-15(19)7-5-12(16)2/h4-9,17-18,21H,10,20H2,1-3H3. The van der Waals surface area contributed by atoms with E-state index in [4.69, 9.17) is 5.73 Å². The van der Waals surface area contributed by atoms with Crippen LogP contribution in [0.25, 0.3) is 0 Å². The van der Waals surface area contributed by atoms with E-state index in [1.807, 2.05) is 25.1 Å². The Bertz CT molecular complexity index is 639. The fraction of sp³-hybridized carbons (Fsp3) is 0.333. The van der Waals surface area contributed by atoms with E-state index in [1.165, 1.54) is 11.1 Å². The number of rotatable bonds is 4. The van der Waals surface area contributed by atoms with E-state index >= 15 is 0 Å². The Hall–Kier alpha value is -1.16. The van der Waals surface area contributed by atoms with E-state index in [0.717, 1.165) is 21.2 Å². The van der Waals surface area contributed by atoms with E-state index in [9.17, 15) is 5.11 Å². The molecule has 2 rings (SSSR count). The van der Waals surface area contributed by atoms with Crippen molar-refractivity contribution >= 4 is 15.9 Å². The Morgan fingerprint density at radius 1 is 1.00 bits per heavy atom. The predicted octanol–water partition coefficient (Wildman–Crippen LogP) is 4.15. The number of halogens is 1. The average molecular weight is 348 g/mol. The second kappa shape index (κ2) is 6.73. The van der Waals surface area contributed by atoms with E-state index in [2.05, 4.69) is 48.0 Å². The first-order valence-corrected chi connectivity index (χ1v) is 7.94. The zero-order valence-electron chi connectivity index (χ0n) is 12.7. The molecule has 112 valence electrons. The third kappa shape index (κ3) is 3.54. The van der Waals surface area contributed by atoms with Gasteiger partial charge in [-0.1, -0.05) is 40.2 Å². The summed E-state index contributed by atoms with van der Waals surface area (Å²) in [6.45, 7) is 6.60. The minimum Gasteiger partial charge on any atom is -0.388 e. The molecule has 0 aliphatic carbocycles. The highest BCUT2D eigenvalue weighted by molar-refractivity contribution is 9.10. The number of aliphatic hydroxyl groups excluding tert-OH is 1. The monoisotopic (exact) mass is 347 g/mol. The predicted molar refractivity (Wildman–Crippen MR) is 91.6 cm³/mol. The molecular formula is C18H22BrNO. The van der Waals surface area contributed by atoms with Gasteiger partial charge in [0.25, 0.3) is 0 Å². The Kier molecular flexibility index (Phi) is 5.20. The van der Waals surface area contributed by atoms with Gasteiger partial charge in [0.1, 0.15) is 0 Å². The van der Waals surface area contributed by atoms with Crippen molar-refractivity contribution in [3.63, 3.8) is 0 Å². The molecule has 2 unspecified atom stereocenters. The first kappa shape index (κ1) is 16.2. The Morgan fingerprint density at radius 2 is 1.67 bits per heavy atom. The summed E-state index contributed by atoms with van der Waals surface area (Å²) < 4.78 is 0.970. The van der Waals surface area contributed by atoms with Gasteiger partial charge in [0.05, 0.1) is 6.10 Å². The first-order chi connectivity index (χ1) is 9.93. The summed E-state index contributed by atoms with van der Waals surface area (Å²) in [5.41, 5.74) is 11.5. The summed E-state index contributed by atoms with van der Waals surface area (Å²) in [7, 11) is 0. The van der Waals surface area contributed by atoms with Gasteiger partial charge in [0, 0.05) is 16.9 Å². The normalized spacial score (nSPS) is 14.0. The van der Waals surface area contributed by atoms with Gasteiger partial charge in [-0.25, -0.2) is 0 Å². The molecule has 0 amide bonds. The van der Waals surface area contributed by atoms with E-state index in [-0.39, 0.29) is 5.92 Å². The minimum absolute atomic E-state index is 0.0997. The molecule has 2 nitrogen and oxygen atoms in total. The second-order valence-electron chi connectivity index (χ2n) is 5.63. The van der Waals surface area contributed by atoms with Crippen LogP contribution in [-0.2, 0) is 0 Å². The summed E-state index contributed by atoms with van der Waals surface area (Å²) in [6.07, 6.45) is -0.602. The van der Waals surface area contributed by atoms with Gasteiger partial charge < -0.3 is 10.8 Å². The average Bonchev–Trinajstić information content (AvgIpc) is 2.46. The molecule has 2 aromatic rings. The molecule has 0 heterocycles. The topological polar surface area (TPSA) is 46.2 Å². The van der Waals surface area contributed by atoms with Gasteiger partial charge in [0.15, 0.2) is 0 Å². The van der Waals surface area contributed by atoms with E-state index in [0.29, 0.717) is 6.54 Å². The fourth-order valence-electron chi connectivity index (χ4n) is 2.59. The van der Waals surface area contributed by atoms with Gasteiger partial charge >= 0.3 is 0 Å². The maximum absolute atomic E-state index is 10.8. The lowest BCUT2D eigenvalue weighted by atomic mass is 9.86. The van der Waals surface area contributed by atoms with Crippen molar-refractivity contribution < 1.29 is 5.11 Å². The molecule has 2 atom stereocenters. The first-order valence-electron chi connectivity index (χ1n) is 7.15. The zero-order chi connectivity index (χ0) is 15.6. The lowest BCUT2D eigenvalue weighted by Gasteiger charge is -2.24. The summed E-state index contributed by atoms with van der Waals surface area (Å²) in [5.74, 6) is -0.0997. The van der Waals surface area contributed by atoms with Crippen LogP contribution < -0.4 is 5.73 Å². The van der Waals surface area contributed by atoms with Crippen LogP contribution in [0.3, 0.4) is 0 Å². The Balaban J connectivity index is 2.40. The van der Waals surface area contributed by atoms with Crippen LogP contribution in [0.1, 0.15) is 39.8 Å². The fourth-order valence-corrected chi connectivity index (χ4v) is 2.97. The van der Waals surface area contributed by atoms with Crippen LogP contribution in [0.15, 0.2) is 40.9 Å². The maximum atomic E-state index is 10.8. The van der Waals surface area contributed by atoms with E-state index in [1.54, 1.807) is 0 Å². The molecule has 0 aromatic heterocycles. The van der Waals surface area contributed by atoms with Crippen molar-refractivity contribution in [1.82, 2.24) is 0 Å². The van der Waals surface area contributed by atoms with Crippen molar-refractivity contribution in [2.75, 3.05) is 6.54 Å². The highest BCUT2D eigenvalue weighted by atomic mass is 79.9. The van der Waals surface area contributed by atoms with Crippen LogP contribution in [-0.4, -0.2) is 11.7 Å². The molecule has 3 N–H and O–H groups in total. The van der Waals surface area contributed by atoms with Crippen LogP contribution in [0, 0.1) is 20.8 Å². The number of aryl methyl sites for hydroxylation is 3. The van der Waals surface area contributed by atoms with Crippen LogP contribution in [0.2, 0.25) is 0 Å². The molecule has 0 fully saturated rings. The minimum atomic E-state index is -0.602. The number of hydrogen-bond donors (Lipinski definition) is 2. The van der Waals surface area contributed by atoms with Crippen molar-refractivity contribution in [2.45, 2.75) is 32.8 Å². The molecule has 21 heavy (non-hydrogen) atoms. The number of nitrogens with two attached hydrogens (primary N) is 1. The molecule has 0 aliphatic rings. The largest absolute Gasteiger partial charge is 0.388 e. The molecule has 0 bridgehead atoms. The van der Waals surface area contributed by atoms with Gasteiger partial charge in [-0.3, -0.25) is 0 Å². The lowest BCUT2D eigenvalue weighted by Crippen LogP contribution is -2.21. The van der Waals surface area contributed by atoms with Crippen molar-refractivity contribution in [1.29, 1.82) is 0 Å². The van der Waals surface area contributed by atoms with Gasteiger partial charge in [0.2, 0.25) is 0 Å². The lowest BCUT2D eigenvalue weighted by molar-refractivity contribution is 0.146. The molecule has 0 aliphatic heterocycles. The van der Waals surface area contributed by atoms with Crippen molar-refractivity contribution in [3.05, 3.63) is 68.7 Å². The quantitative estimate of drug-likeness (QED) is 0.872. The highest BCUT2D eigenvalue weighted by Crippen LogP contribution is 2.33. The molecular weight excluding hydrogens is 326 g/mol. The molecule has 0 saturated heterocycles. The molecule has 3 heteroatoms. The van der Waals surface area contributed by atoms with Crippen molar-refractivity contribution in [3.8, 4) is 0 Å². The maximum Gasteiger partial charge on any atom is 0.0873 e. The van der Waals surface area contributed by atoms with Crippen LogP contribution >= 0.6 is 15.9 Å².